The molecule has 1 aromatic carbocycles. The third-order valence-corrected chi connectivity index (χ3v) is 4.92. The zero-order chi connectivity index (χ0) is 18.6. The van der Waals surface area contributed by atoms with Gasteiger partial charge in [0.25, 0.3) is 5.56 Å². The summed E-state index contributed by atoms with van der Waals surface area (Å²) in [5, 5.41) is 11.8. The number of aryl methyl sites for hydroxylation is 2. The second-order valence-electron chi connectivity index (χ2n) is 5.65. The Bertz CT molecular complexity index is 899. The number of hydrogen-bond acceptors (Lipinski definition) is 5. The summed E-state index contributed by atoms with van der Waals surface area (Å²) in [6.45, 7) is 7.51. The van der Waals surface area contributed by atoms with Crippen LogP contribution in [-0.4, -0.2) is 21.1 Å². The lowest BCUT2D eigenvalue weighted by molar-refractivity contribution is -0.115. The molecule has 0 saturated heterocycles. The zero-order valence-corrected chi connectivity index (χ0v) is 15.5. The molecule has 0 fully saturated rings. The Morgan fingerprint density at radius 1 is 1.44 bits per heavy atom. The maximum absolute atomic E-state index is 12.4. The van der Waals surface area contributed by atoms with Crippen molar-refractivity contribution in [3.63, 3.8) is 0 Å². The number of carbonyl (C=O) groups excluding carboxylic acids is 1. The second-order valence-corrected chi connectivity index (χ2v) is 6.98. The number of hydrogen-bond donors (Lipinski definition) is 2. The van der Waals surface area contributed by atoms with Gasteiger partial charge in [-0.3, -0.25) is 9.59 Å². The topological polar surface area (TPSA) is 98.6 Å². The maximum Gasteiger partial charge on any atom is 0.269 e. The molecule has 1 heterocycles. The molecule has 7 heteroatoms. The van der Waals surface area contributed by atoms with Crippen LogP contribution in [-0.2, 0) is 11.2 Å². The van der Waals surface area contributed by atoms with E-state index in [1.54, 1.807) is 6.92 Å². The highest BCUT2D eigenvalue weighted by Crippen LogP contribution is 2.23. The molecule has 0 saturated carbocycles. The van der Waals surface area contributed by atoms with Crippen LogP contribution in [0.25, 0.3) is 0 Å². The molecular formula is C18H20N4O2S. The van der Waals surface area contributed by atoms with Crippen molar-refractivity contribution >= 4 is 23.4 Å². The summed E-state index contributed by atoms with van der Waals surface area (Å²) in [4.78, 5) is 31.2. The summed E-state index contributed by atoms with van der Waals surface area (Å²) in [6.07, 6.45) is 0.476. The maximum atomic E-state index is 12.4. The summed E-state index contributed by atoms with van der Waals surface area (Å²) < 4.78 is 0. The fraction of sp³-hybridized carbons (Fsp3) is 0.333. The minimum atomic E-state index is -0.473. The molecule has 0 aliphatic heterocycles. The molecule has 0 radical (unpaired) electrons. The Balaban J connectivity index is 2.17. The van der Waals surface area contributed by atoms with E-state index in [1.807, 2.05) is 45.0 Å². The van der Waals surface area contributed by atoms with Crippen LogP contribution in [0.15, 0.2) is 28.2 Å². The van der Waals surface area contributed by atoms with Gasteiger partial charge in [0.2, 0.25) is 5.91 Å². The van der Waals surface area contributed by atoms with Gasteiger partial charge < -0.3 is 10.3 Å². The van der Waals surface area contributed by atoms with Crippen molar-refractivity contribution < 1.29 is 4.79 Å². The highest BCUT2D eigenvalue weighted by Gasteiger charge is 2.18. The van der Waals surface area contributed by atoms with Gasteiger partial charge in [0.15, 0.2) is 5.16 Å². The smallest absolute Gasteiger partial charge is 0.269 e. The summed E-state index contributed by atoms with van der Waals surface area (Å²) in [6, 6.07) is 7.60. The predicted octanol–water partition coefficient (Wildman–Crippen LogP) is 2.94. The van der Waals surface area contributed by atoms with Gasteiger partial charge in [0, 0.05) is 5.69 Å². The van der Waals surface area contributed by atoms with E-state index in [4.69, 9.17) is 5.26 Å². The van der Waals surface area contributed by atoms with E-state index in [2.05, 4.69) is 15.3 Å². The number of nitriles is 1. The van der Waals surface area contributed by atoms with Crippen LogP contribution in [0.3, 0.4) is 0 Å². The molecule has 1 atom stereocenters. The highest BCUT2D eigenvalue weighted by molar-refractivity contribution is 8.00. The molecule has 0 aliphatic rings. The fourth-order valence-corrected chi connectivity index (χ4v) is 3.08. The van der Waals surface area contributed by atoms with Gasteiger partial charge in [0.05, 0.1) is 10.9 Å². The average molecular weight is 356 g/mol. The van der Waals surface area contributed by atoms with Crippen LogP contribution >= 0.6 is 11.8 Å². The number of aromatic amines is 1. The van der Waals surface area contributed by atoms with E-state index >= 15 is 0 Å². The number of carbonyl (C=O) groups is 1. The monoisotopic (exact) mass is 356 g/mol. The number of aromatic nitrogens is 2. The van der Waals surface area contributed by atoms with E-state index < -0.39 is 10.8 Å². The minimum Gasteiger partial charge on any atom is -0.325 e. The van der Waals surface area contributed by atoms with Crippen LogP contribution in [0.1, 0.15) is 36.2 Å². The molecule has 130 valence electrons. The second kappa shape index (κ2) is 7.99. The molecule has 1 aromatic heterocycles. The van der Waals surface area contributed by atoms with Crippen LogP contribution in [0.4, 0.5) is 5.69 Å². The molecule has 6 nitrogen and oxygen atoms in total. The molecule has 1 unspecified atom stereocenters. The molecule has 0 bridgehead atoms. The van der Waals surface area contributed by atoms with Gasteiger partial charge in [-0.25, -0.2) is 4.98 Å². The predicted molar refractivity (Wildman–Crippen MR) is 98.8 cm³/mol. The Kier molecular flexibility index (Phi) is 5.99. The van der Waals surface area contributed by atoms with Crippen molar-refractivity contribution in [1.82, 2.24) is 9.97 Å². The van der Waals surface area contributed by atoms with Gasteiger partial charge >= 0.3 is 0 Å². The number of nitrogens with one attached hydrogen (secondary N) is 2. The van der Waals surface area contributed by atoms with Crippen molar-refractivity contribution in [1.29, 1.82) is 5.26 Å². The van der Waals surface area contributed by atoms with Gasteiger partial charge in [-0.1, -0.05) is 30.8 Å². The zero-order valence-electron chi connectivity index (χ0n) is 14.6. The van der Waals surface area contributed by atoms with E-state index in [-0.39, 0.29) is 11.5 Å². The van der Waals surface area contributed by atoms with Crippen molar-refractivity contribution in [3.8, 4) is 6.07 Å². The summed E-state index contributed by atoms with van der Waals surface area (Å²) in [5.74, 6) is -0.177. The normalized spacial score (nSPS) is 11.6. The van der Waals surface area contributed by atoms with Crippen LogP contribution < -0.4 is 10.9 Å². The van der Waals surface area contributed by atoms with E-state index in [1.165, 1.54) is 0 Å². The molecule has 2 aromatic rings. The number of nitrogens with zero attached hydrogens (tertiary/aromatic N) is 2. The first kappa shape index (κ1) is 18.7. The van der Waals surface area contributed by atoms with E-state index in [9.17, 15) is 9.59 Å². The molecule has 1 amide bonds. The fourth-order valence-electron chi connectivity index (χ4n) is 2.27. The highest BCUT2D eigenvalue weighted by atomic mass is 32.2. The molecule has 2 rings (SSSR count). The van der Waals surface area contributed by atoms with E-state index in [0.29, 0.717) is 17.3 Å². The molecular weight excluding hydrogens is 336 g/mol. The minimum absolute atomic E-state index is 0.0272. The number of anilines is 1. The number of thioether (sulfide) groups is 1. The quantitative estimate of drug-likeness (QED) is 0.634. The number of H-pyrrole nitrogens is 1. The average Bonchev–Trinajstić information content (AvgIpc) is 2.58. The van der Waals surface area contributed by atoms with Gasteiger partial charge in [-0.2, -0.15) is 5.26 Å². The van der Waals surface area contributed by atoms with Gasteiger partial charge in [0.1, 0.15) is 11.6 Å². The lowest BCUT2D eigenvalue weighted by Gasteiger charge is -2.14. The van der Waals surface area contributed by atoms with Crippen LogP contribution in [0.5, 0.6) is 0 Å². The van der Waals surface area contributed by atoms with Crippen molar-refractivity contribution in [3.05, 3.63) is 50.9 Å². The molecule has 0 aliphatic carbocycles. The summed E-state index contributed by atoms with van der Waals surface area (Å²) >= 11 is 1.16. The third kappa shape index (κ3) is 4.28. The lowest BCUT2D eigenvalue weighted by Crippen LogP contribution is -2.24. The van der Waals surface area contributed by atoms with Crippen molar-refractivity contribution in [2.24, 2.45) is 0 Å². The Hall–Kier alpha value is -2.59. The Morgan fingerprint density at radius 3 is 2.80 bits per heavy atom. The molecule has 25 heavy (non-hydrogen) atoms. The largest absolute Gasteiger partial charge is 0.325 e. The lowest BCUT2D eigenvalue weighted by atomic mass is 10.1. The number of benzene rings is 1. The third-order valence-electron chi connectivity index (χ3n) is 3.94. The summed E-state index contributed by atoms with van der Waals surface area (Å²) in [5.41, 5.74) is 2.89. The molecule has 2 N–H and O–H groups in total. The SMILES string of the molecule is CCc1nc(SC(C)C(=O)Nc2cccc(C)c2C)[nH]c(=O)c1C#N. The van der Waals surface area contributed by atoms with Crippen molar-refractivity contribution in [2.45, 2.75) is 44.5 Å². The standard InChI is InChI=1S/C18H20N4O2S/c1-5-14-13(9-19)17(24)22-18(21-14)25-12(4)16(23)20-15-8-6-7-10(2)11(15)3/h6-8,12H,5H2,1-4H3,(H,20,23)(H,21,22,24). The van der Waals surface area contributed by atoms with Crippen LogP contribution in [0.2, 0.25) is 0 Å². The first-order valence-corrected chi connectivity index (χ1v) is 8.82. The van der Waals surface area contributed by atoms with E-state index in [0.717, 1.165) is 28.6 Å². The Morgan fingerprint density at radius 2 is 2.16 bits per heavy atom. The summed E-state index contributed by atoms with van der Waals surface area (Å²) in [7, 11) is 0. The Labute approximate surface area is 150 Å². The first-order chi connectivity index (χ1) is 11.9. The van der Waals surface area contributed by atoms with Gasteiger partial charge in [-0.15, -0.1) is 0 Å². The molecule has 0 spiro atoms. The van der Waals surface area contributed by atoms with Gasteiger partial charge in [-0.05, 0) is 44.4 Å². The number of amides is 1. The van der Waals surface area contributed by atoms with Crippen molar-refractivity contribution in [2.75, 3.05) is 5.32 Å². The van der Waals surface area contributed by atoms with Crippen LogP contribution in [0, 0.1) is 25.2 Å². The first-order valence-electron chi connectivity index (χ1n) is 7.94. The number of rotatable bonds is 5.